The first kappa shape index (κ1) is 14.0. The third-order valence-electron chi connectivity index (χ3n) is 4.71. The highest BCUT2D eigenvalue weighted by atomic mass is 15.1. The molecule has 1 aromatic rings. The molecule has 0 aliphatic carbocycles. The summed E-state index contributed by atoms with van der Waals surface area (Å²) in [7, 11) is 2.23. The second-order valence-corrected chi connectivity index (χ2v) is 6.49. The Kier molecular flexibility index (Phi) is 4.69. The predicted octanol–water partition coefficient (Wildman–Crippen LogP) is 2.88. The fraction of sp³-hybridized carbons (Fsp3) is 0.706. The Hall–Kier alpha value is -0.930. The van der Waals surface area contributed by atoms with Gasteiger partial charge in [-0.2, -0.15) is 0 Å². The van der Waals surface area contributed by atoms with Gasteiger partial charge < -0.3 is 4.90 Å². The third kappa shape index (κ3) is 3.58. The molecule has 2 aliphatic rings. The number of hydrogen-bond acceptors (Lipinski definition) is 3. The van der Waals surface area contributed by atoms with Crippen molar-refractivity contribution in [1.82, 2.24) is 14.8 Å². The highest BCUT2D eigenvalue weighted by Gasteiger charge is 2.20. The van der Waals surface area contributed by atoms with Gasteiger partial charge >= 0.3 is 0 Å². The van der Waals surface area contributed by atoms with Crippen LogP contribution in [0.2, 0.25) is 0 Å². The van der Waals surface area contributed by atoms with Gasteiger partial charge in [0.05, 0.1) is 5.69 Å². The van der Waals surface area contributed by atoms with E-state index in [2.05, 4.69) is 35.0 Å². The molecule has 0 amide bonds. The van der Waals surface area contributed by atoms with Crippen molar-refractivity contribution >= 4 is 0 Å². The lowest BCUT2D eigenvalue weighted by atomic mass is 9.94. The van der Waals surface area contributed by atoms with Crippen molar-refractivity contribution in [1.29, 1.82) is 0 Å². The molecule has 110 valence electrons. The molecular formula is C17H27N3. The standard InChI is InChI=1S/C17H27N3/c1-19-10-6-7-15(13-19)17-9-5-8-16(18-17)14-20-11-3-2-4-12-20/h5,8-9,15H,2-4,6-7,10-14H2,1H3. The van der Waals surface area contributed by atoms with Gasteiger partial charge in [-0.3, -0.25) is 9.88 Å². The van der Waals surface area contributed by atoms with E-state index in [4.69, 9.17) is 4.98 Å². The van der Waals surface area contributed by atoms with E-state index in [1.165, 1.54) is 69.7 Å². The molecule has 3 nitrogen and oxygen atoms in total. The quantitative estimate of drug-likeness (QED) is 0.844. The molecule has 20 heavy (non-hydrogen) atoms. The average Bonchev–Trinajstić information content (AvgIpc) is 2.49. The zero-order valence-electron chi connectivity index (χ0n) is 12.7. The SMILES string of the molecule is CN1CCCC(c2cccc(CN3CCCCC3)n2)C1. The molecule has 0 spiro atoms. The molecule has 1 atom stereocenters. The Labute approximate surface area is 123 Å². The van der Waals surface area contributed by atoms with Gasteiger partial charge in [-0.25, -0.2) is 0 Å². The molecule has 3 heterocycles. The van der Waals surface area contributed by atoms with Crippen LogP contribution in [-0.4, -0.2) is 48.0 Å². The Morgan fingerprint density at radius 1 is 1.10 bits per heavy atom. The Morgan fingerprint density at radius 3 is 2.75 bits per heavy atom. The van der Waals surface area contributed by atoms with Crippen LogP contribution in [0.15, 0.2) is 18.2 Å². The molecule has 2 fully saturated rings. The molecule has 0 bridgehead atoms. The number of likely N-dealkylation sites (N-methyl/N-ethyl adjacent to an activating group) is 1. The second-order valence-electron chi connectivity index (χ2n) is 6.49. The van der Waals surface area contributed by atoms with Crippen LogP contribution >= 0.6 is 0 Å². The number of pyridine rings is 1. The Bertz CT molecular complexity index is 426. The molecule has 0 saturated carbocycles. The molecule has 0 radical (unpaired) electrons. The van der Waals surface area contributed by atoms with Crippen LogP contribution in [0.5, 0.6) is 0 Å². The second kappa shape index (κ2) is 6.68. The maximum Gasteiger partial charge on any atom is 0.0547 e. The van der Waals surface area contributed by atoms with Gasteiger partial charge in [0.25, 0.3) is 0 Å². The summed E-state index contributed by atoms with van der Waals surface area (Å²) in [6, 6.07) is 6.63. The fourth-order valence-electron chi connectivity index (χ4n) is 3.57. The van der Waals surface area contributed by atoms with E-state index >= 15 is 0 Å². The summed E-state index contributed by atoms with van der Waals surface area (Å²) in [5, 5.41) is 0. The van der Waals surface area contributed by atoms with E-state index in [1.807, 2.05) is 0 Å². The molecule has 3 rings (SSSR count). The normalized spacial score (nSPS) is 25.8. The molecule has 1 aromatic heterocycles. The Morgan fingerprint density at radius 2 is 1.95 bits per heavy atom. The lowest BCUT2D eigenvalue weighted by Crippen LogP contribution is -2.32. The summed E-state index contributed by atoms with van der Waals surface area (Å²) >= 11 is 0. The van der Waals surface area contributed by atoms with E-state index < -0.39 is 0 Å². The summed E-state index contributed by atoms with van der Waals surface area (Å²) < 4.78 is 0. The van der Waals surface area contributed by atoms with Crippen LogP contribution in [0.3, 0.4) is 0 Å². The van der Waals surface area contributed by atoms with Crippen molar-refractivity contribution < 1.29 is 0 Å². The third-order valence-corrected chi connectivity index (χ3v) is 4.71. The highest BCUT2D eigenvalue weighted by molar-refractivity contribution is 5.16. The minimum atomic E-state index is 0.634. The first-order valence-corrected chi connectivity index (χ1v) is 8.18. The zero-order valence-corrected chi connectivity index (χ0v) is 12.7. The first-order valence-electron chi connectivity index (χ1n) is 8.18. The topological polar surface area (TPSA) is 19.4 Å². The molecule has 2 saturated heterocycles. The smallest absolute Gasteiger partial charge is 0.0547 e. The number of hydrogen-bond donors (Lipinski definition) is 0. The van der Waals surface area contributed by atoms with Gasteiger partial charge in [-0.15, -0.1) is 0 Å². The van der Waals surface area contributed by atoms with Crippen LogP contribution < -0.4 is 0 Å². The van der Waals surface area contributed by atoms with Crippen molar-refractivity contribution in [2.24, 2.45) is 0 Å². The number of rotatable bonds is 3. The lowest BCUT2D eigenvalue weighted by molar-refractivity contribution is 0.217. The first-order chi connectivity index (χ1) is 9.81. The lowest BCUT2D eigenvalue weighted by Gasteiger charge is -2.30. The van der Waals surface area contributed by atoms with Gasteiger partial charge in [0.2, 0.25) is 0 Å². The van der Waals surface area contributed by atoms with E-state index in [9.17, 15) is 0 Å². The van der Waals surface area contributed by atoms with Crippen molar-refractivity contribution in [3.05, 3.63) is 29.6 Å². The van der Waals surface area contributed by atoms with Crippen molar-refractivity contribution in [3.63, 3.8) is 0 Å². The van der Waals surface area contributed by atoms with E-state index in [0.29, 0.717) is 5.92 Å². The number of likely N-dealkylation sites (tertiary alicyclic amines) is 2. The molecule has 2 aliphatic heterocycles. The van der Waals surface area contributed by atoms with Crippen LogP contribution in [-0.2, 0) is 6.54 Å². The number of aromatic nitrogens is 1. The van der Waals surface area contributed by atoms with Crippen molar-refractivity contribution in [3.8, 4) is 0 Å². The molecule has 3 heteroatoms. The van der Waals surface area contributed by atoms with E-state index in [1.54, 1.807) is 0 Å². The number of piperidine rings is 2. The van der Waals surface area contributed by atoms with Crippen molar-refractivity contribution in [2.45, 2.75) is 44.6 Å². The fourth-order valence-corrected chi connectivity index (χ4v) is 3.57. The monoisotopic (exact) mass is 273 g/mol. The van der Waals surface area contributed by atoms with Crippen LogP contribution in [0.4, 0.5) is 0 Å². The van der Waals surface area contributed by atoms with Gasteiger partial charge in [0, 0.05) is 24.7 Å². The summed E-state index contributed by atoms with van der Waals surface area (Å²) in [5.41, 5.74) is 2.57. The van der Waals surface area contributed by atoms with E-state index in [0.717, 1.165) is 6.54 Å². The summed E-state index contributed by atoms with van der Waals surface area (Å²) in [5.74, 6) is 0.634. The largest absolute Gasteiger partial charge is 0.306 e. The minimum Gasteiger partial charge on any atom is -0.306 e. The zero-order chi connectivity index (χ0) is 13.8. The van der Waals surface area contributed by atoms with Gasteiger partial charge in [-0.05, 0) is 64.5 Å². The van der Waals surface area contributed by atoms with Crippen LogP contribution in [0.25, 0.3) is 0 Å². The maximum atomic E-state index is 4.96. The Balaban J connectivity index is 1.65. The molecule has 1 unspecified atom stereocenters. The molecule has 0 N–H and O–H groups in total. The van der Waals surface area contributed by atoms with Crippen LogP contribution in [0, 0.1) is 0 Å². The highest BCUT2D eigenvalue weighted by Crippen LogP contribution is 2.25. The minimum absolute atomic E-state index is 0.634. The number of nitrogens with zero attached hydrogens (tertiary/aromatic N) is 3. The van der Waals surface area contributed by atoms with Crippen LogP contribution in [0.1, 0.15) is 49.4 Å². The predicted molar refractivity (Wildman–Crippen MR) is 82.8 cm³/mol. The average molecular weight is 273 g/mol. The summed E-state index contributed by atoms with van der Waals surface area (Å²) in [4.78, 5) is 9.95. The van der Waals surface area contributed by atoms with Gasteiger partial charge in [0.15, 0.2) is 0 Å². The van der Waals surface area contributed by atoms with Crippen molar-refractivity contribution in [2.75, 3.05) is 33.2 Å². The van der Waals surface area contributed by atoms with E-state index in [-0.39, 0.29) is 0 Å². The van der Waals surface area contributed by atoms with Gasteiger partial charge in [-0.1, -0.05) is 12.5 Å². The molecule has 0 aromatic carbocycles. The summed E-state index contributed by atoms with van der Waals surface area (Å²) in [6.07, 6.45) is 6.71. The van der Waals surface area contributed by atoms with Gasteiger partial charge in [0.1, 0.15) is 0 Å². The maximum absolute atomic E-state index is 4.96. The summed E-state index contributed by atoms with van der Waals surface area (Å²) in [6.45, 7) is 5.94. The molecular weight excluding hydrogens is 246 g/mol.